The molecule has 1 aliphatic rings. The van der Waals surface area contributed by atoms with Crippen LogP contribution in [0.15, 0.2) is 0 Å². The van der Waals surface area contributed by atoms with Gasteiger partial charge in [-0.3, -0.25) is 4.79 Å². The molecule has 126 valence electrons. The van der Waals surface area contributed by atoms with E-state index in [1.807, 2.05) is 4.90 Å². The monoisotopic (exact) mass is 322 g/mol. The van der Waals surface area contributed by atoms with E-state index in [1.54, 1.807) is 14.2 Å². The van der Waals surface area contributed by atoms with Gasteiger partial charge in [-0.25, -0.2) is 0 Å². The fourth-order valence-corrected chi connectivity index (χ4v) is 2.95. The van der Waals surface area contributed by atoms with Gasteiger partial charge in [-0.05, 0) is 24.8 Å². The second-order valence-corrected chi connectivity index (χ2v) is 5.81. The van der Waals surface area contributed by atoms with Gasteiger partial charge in [0.05, 0.1) is 13.2 Å². The van der Waals surface area contributed by atoms with Crippen molar-refractivity contribution in [3.8, 4) is 0 Å². The van der Waals surface area contributed by atoms with Crippen LogP contribution in [0, 0.1) is 5.41 Å². The summed E-state index contributed by atoms with van der Waals surface area (Å²) >= 11 is 0. The average molecular weight is 323 g/mol. The molecular weight excluding hydrogens is 292 g/mol. The van der Waals surface area contributed by atoms with E-state index >= 15 is 0 Å². The summed E-state index contributed by atoms with van der Waals surface area (Å²) in [5.41, 5.74) is 5.99. The molecule has 1 amide bonds. The summed E-state index contributed by atoms with van der Waals surface area (Å²) < 4.78 is 10.2. The summed E-state index contributed by atoms with van der Waals surface area (Å²) in [7, 11) is 3.31. The van der Waals surface area contributed by atoms with Crippen molar-refractivity contribution in [1.29, 1.82) is 0 Å². The number of nitrogens with zero attached hydrogens (tertiary/aromatic N) is 1. The molecule has 1 aliphatic carbocycles. The van der Waals surface area contributed by atoms with Crippen LogP contribution < -0.4 is 5.73 Å². The van der Waals surface area contributed by atoms with E-state index in [9.17, 15) is 4.79 Å². The van der Waals surface area contributed by atoms with Crippen LogP contribution in [0.5, 0.6) is 0 Å². The first-order valence-electron chi connectivity index (χ1n) is 7.63. The molecule has 0 aromatic carbocycles. The van der Waals surface area contributed by atoms with Gasteiger partial charge in [0.1, 0.15) is 0 Å². The predicted molar refractivity (Wildman–Crippen MR) is 86.8 cm³/mol. The first-order valence-corrected chi connectivity index (χ1v) is 7.63. The molecule has 1 saturated carbocycles. The second kappa shape index (κ2) is 11.2. The van der Waals surface area contributed by atoms with Gasteiger partial charge < -0.3 is 20.1 Å². The maximum atomic E-state index is 12.5. The fraction of sp³-hybridized carbons (Fsp3) is 0.933. The number of hydrogen-bond acceptors (Lipinski definition) is 4. The van der Waals surface area contributed by atoms with Gasteiger partial charge in [0.25, 0.3) is 0 Å². The molecular formula is C15H31ClN2O3. The molecule has 1 fully saturated rings. The lowest BCUT2D eigenvalue weighted by Crippen LogP contribution is -2.42. The second-order valence-electron chi connectivity index (χ2n) is 5.81. The van der Waals surface area contributed by atoms with Gasteiger partial charge in [0.2, 0.25) is 5.91 Å². The summed E-state index contributed by atoms with van der Waals surface area (Å²) in [4.78, 5) is 14.4. The molecule has 0 saturated heterocycles. The highest BCUT2D eigenvalue weighted by atomic mass is 35.5. The molecule has 0 radical (unpaired) electrons. The quantitative estimate of drug-likeness (QED) is 0.703. The van der Waals surface area contributed by atoms with Crippen molar-refractivity contribution in [3.63, 3.8) is 0 Å². The molecule has 5 nitrogen and oxygen atoms in total. The van der Waals surface area contributed by atoms with Crippen LogP contribution in [-0.4, -0.2) is 57.9 Å². The van der Waals surface area contributed by atoms with Crippen LogP contribution in [0.4, 0.5) is 0 Å². The molecule has 6 heteroatoms. The normalized spacial score (nSPS) is 17.1. The molecule has 0 heterocycles. The molecule has 0 spiro atoms. The van der Waals surface area contributed by atoms with Gasteiger partial charge in [-0.1, -0.05) is 19.3 Å². The van der Waals surface area contributed by atoms with E-state index in [-0.39, 0.29) is 23.7 Å². The number of ether oxygens (including phenoxy) is 2. The Morgan fingerprint density at radius 3 is 2.05 bits per heavy atom. The molecule has 0 unspecified atom stereocenters. The van der Waals surface area contributed by atoms with Crippen LogP contribution in [0.1, 0.15) is 38.5 Å². The molecule has 0 bridgehead atoms. The van der Waals surface area contributed by atoms with Crippen LogP contribution in [-0.2, 0) is 14.3 Å². The Morgan fingerprint density at radius 1 is 1.10 bits per heavy atom. The zero-order chi connectivity index (χ0) is 14.8. The number of nitrogens with two attached hydrogens (primary N) is 1. The van der Waals surface area contributed by atoms with E-state index in [4.69, 9.17) is 15.2 Å². The van der Waals surface area contributed by atoms with Gasteiger partial charge in [-0.2, -0.15) is 0 Å². The van der Waals surface area contributed by atoms with Gasteiger partial charge in [0.15, 0.2) is 0 Å². The number of halogens is 1. The number of methoxy groups -OCH3 is 2. The predicted octanol–water partition coefficient (Wildman–Crippen LogP) is 1.83. The highest BCUT2D eigenvalue weighted by Gasteiger charge is 2.34. The largest absolute Gasteiger partial charge is 0.383 e. The Labute approximate surface area is 134 Å². The fourth-order valence-electron chi connectivity index (χ4n) is 2.95. The van der Waals surface area contributed by atoms with Crippen molar-refractivity contribution >= 4 is 18.3 Å². The highest BCUT2D eigenvalue weighted by Crippen LogP contribution is 2.38. The van der Waals surface area contributed by atoms with E-state index in [2.05, 4.69) is 0 Å². The lowest BCUT2D eigenvalue weighted by Gasteiger charge is -2.37. The van der Waals surface area contributed by atoms with Crippen LogP contribution in [0.3, 0.4) is 0 Å². The first-order chi connectivity index (χ1) is 9.67. The smallest absolute Gasteiger partial charge is 0.223 e. The first kappa shape index (κ1) is 20.6. The molecule has 21 heavy (non-hydrogen) atoms. The summed E-state index contributed by atoms with van der Waals surface area (Å²) in [6.07, 6.45) is 6.39. The summed E-state index contributed by atoms with van der Waals surface area (Å²) in [5, 5.41) is 0. The molecule has 0 aromatic heterocycles. The minimum atomic E-state index is 0. The van der Waals surface area contributed by atoms with E-state index in [0.29, 0.717) is 39.3 Å². The van der Waals surface area contributed by atoms with Crippen molar-refractivity contribution in [2.24, 2.45) is 11.1 Å². The maximum absolute atomic E-state index is 12.5. The lowest BCUT2D eigenvalue weighted by molar-refractivity contribution is -0.135. The number of rotatable bonds is 9. The summed E-state index contributed by atoms with van der Waals surface area (Å²) in [6.45, 7) is 2.98. The Hall–Kier alpha value is -0.360. The van der Waals surface area contributed by atoms with Crippen molar-refractivity contribution in [3.05, 3.63) is 0 Å². The topological polar surface area (TPSA) is 64.8 Å². The molecule has 0 atom stereocenters. The van der Waals surface area contributed by atoms with Gasteiger partial charge in [-0.15, -0.1) is 12.4 Å². The summed E-state index contributed by atoms with van der Waals surface area (Å²) in [6, 6.07) is 0. The maximum Gasteiger partial charge on any atom is 0.223 e. The van der Waals surface area contributed by atoms with E-state index in [1.165, 1.54) is 19.3 Å². The standard InChI is InChI=1S/C15H30N2O3.ClH/c1-19-10-8-17(9-11-20-2)14(18)12-15(13-16)6-4-3-5-7-15;/h3-13,16H2,1-2H3;1H. The van der Waals surface area contributed by atoms with Crippen molar-refractivity contribution in [2.75, 3.05) is 47.1 Å². The van der Waals surface area contributed by atoms with Crippen molar-refractivity contribution < 1.29 is 14.3 Å². The van der Waals surface area contributed by atoms with E-state index < -0.39 is 0 Å². The number of hydrogen-bond donors (Lipinski definition) is 1. The molecule has 2 N–H and O–H groups in total. The Bertz CT molecular complexity index is 276. The third-order valence-electron chi connectivity index (χ3n) is 4.36. The molecule has 0 aromatic rings. The summed E-state index contributed by atoms with van der Waals surface area (Å²) in [5.74, 6) is 0.187. The van der Waals surface area contributed by atoms with Gasteiger partial charge >= 0.3 is 0 Å². The van der Waals surface area contributed by atoms with Crippen LogP contribution >= 0.6 is 12.4 Å². The zero-order valence-corrected chi connectivity index (χ0v) is 14.3. The SMILES string of the molecule is COCCN(CCOC)C(=O)CC1(CN)CCCCC1.Cl. The van der Waals surface area contributed by atoms with Crippen LogP contribution in [0.2, 0.25) is 0 Å². The third kappa shape index (κ3) is 6.96. The van der Waals surface area contributed by atoms with E-state index in [0.717, 1.165) is 12.8 Å². The molecule has 1 rings (SSSR count). The number of carbonyl (C=O) groups excluding carboxylic acids is 1. The number of carbonyl (C=O) groups is 1. The number of amides is 1. The van der Waals surface area contributed by atoms with Crippen molar-refractivity contribution in [2.45, 2.75) is 38.5 Å². The minimum Gasteiger partial charge on any atom is -0.383 e. The Balaban J connectivity index is 0.00000400. The minimum absolute atomic E-state index is 0. The Kier molecular flexibility index (Phi) is 11.0. The van der Waals surface area contributed by atoms with Gasteiger partial charge in [0, 0.05) is 33.7 Å². The Morgan fingerprint density at radius 2 is 1.62 bits per heavy atom. The third-order valence-corrected chi connectivity index (χ3v) is 4.36. The van der Waals surface area contributed by atoms with Crippen molar-refractivity contribution in [1.82, 2.24) is 4.90 Å². The average Bonchev–Trinajstić information content (AvgIpc) is 2.48. The van der Waals surface area contributed by atoms with Crippen LogP contribution in [0.25, 0.3) is 0 Å². The lowest BCUT2D eigenvalue weighted by atomic mass is 9.71. The molecule has 0 aliphatic heterocycles. The zero-order valence-electron chi connectivity index (χ0n) is 13.4. The highest BCUT2D eigenvalue weighted by molar-refractivity contribution is 5.85.